The molecule has 6 aromatic rings. The molecule has 0 aliphatic rings. The Kier molecular flexibility index (Phi) is 4.47. The number of fused-ring (bicyclic) bond motifs is 3. The molecule has 1 heterocycles. The third-order valence-electron chi connectivity index (χ3n) is 5.87. The first-order valence-corrected chi connectivity index (χ1v) is 10.8. The van der Waals surface area contributed by atoms with Gasteiger partial charge < -0.3 is 9.73 Å². The normalized spacial score (nSPS) is 11.1. The van der Waals surface area contributed by atoms with E-state index >= 15 is 0 Å². The Morgan fingerprint density at radius 1 is 0.469 bits per heavy atom. The minimum absolute atomic E-state index is 0.882. The smallest absolute Gasteiger partial charge is 0.137 e. The van der Waals surface area contributed by atoms with Gasteiger partial charge in [-0.3, -0.25) is 0 Å². The van der Waals surface area contributed by atoms with Crippen LogP contribution in [-0.2, 0) is 0 Å². The fourth-order valence-corrected chi connectivity index (χ4v) is 4.28. The van der Waals surface area contributed by atoms with E-state index in [0.29, 0.717) is 0 Å². The van der Waals surface area contributed by atoms with Crippen LogP contribution in [0, 0.1) is 0 Å². The summed E-state index contributed by atoms with van der Waals surface area (Å²) >= 11 is 0. The summed E-state index contributed by atoms with van der Waals surface area (Å²) in [6.45, 7) is 0. The molecule has 0 aliphatic carbocycles. The Labute approximate surface area is 186 Å². The van der Waals surface area contributed by atoms with E-state index in [2.05, 4.69) is 115 Å². The average Bonchev–Trinajstić information content (AvgIpc) is 3.22. The summed E-state index contributed by atoms with van der Waals surface area (Å²) < 4.78 is 6.20. The van der Waals surface area contributed by atoms with Crippen molar-refractivity contribution >= 4 is 33.3 Å². The zero-order valence-corrected chi connectivity index (χ0v) is 17.5. The minimum Gasteiger partial charge on any atom is -0.456 e. The van der Waals surface area contributed by atoms with Crippen molar-refractivity contribution in [1.82, 2.24) is 0 Å². The van der Waals surface area contributed by atoms with Crippen molar-refractivity contribution in [2.24, 2.45) is 0 Å². The maximum Gasteiger partial charge on any atom is 0.137 e. The van der Waals surface area contributed by atoms with E-state index in [1.807, 2.05) is 12.1 Å². The van der Waals surface area contributed by atoms with E-state index in [-0.39, 0.29) is 0 Å². The first-order chi connectivity index (χ1) is 15.8. The third kappa shape index (κ3) is 3.32. The molecular weight excluding hydrogens is 390 g/mol. The topological polar surface area (TPSA) is 25.2 Å². The molecule has 0 spiro atoms. The molecule has 0 saturated carbocycles. The van der Waals surface area contributed by atoms with Gasteiger partial charge in [0, 0.05) is 33.8 Å². The molecule has 5 aromatic carbocycles. The highest BCUT2D eigenvalue weighted by atomic mass is 16.3. The van der Waals surface area contributed by atoms with Crippen LogP contribution in [0.25, 0.3) is 44.2 Å². The molecule has 1 N–H and O–H groups in total. The second kappa shape index (κ2) is 7.75. The Hall–Kier alpha value is -4.30. The van der Waals surface area contributed by atoms with Gasteiger partial charge in [0.1, 0.15) is 11.2 Å². The van der Waals surface area contributed by atoms with Gasteiger partial charge in [0.2, 0.25) is 0 Å². The van der Waals surface area contributed by atoms with E-state index in [4.69, 9.17) is 4.42 Å². The predicted molar refractivity (Wildman–Crippen MR) is 134 cm³/mol. The Morgan fingerprint density at radius 2 is 1.19 bits per heavy atom. The molecule has 152 valence electrons. The molecule has 0 saturated heterocycles. The van der Waals surface area contributed by atoms with Crippen molar-refractivity contribution in [2.45, 2.75) is 0 Å². The molecule has 2 heteroatoms. The fraction of sp³-hybridized carbons (Fsp3) is 0. The van der Waals surface area contributed by atoms with Gasteiger partial charge in [0.15, 0.2) is 0 Å². The zero-order chi connectivity index (χ0) is 21.3. The van der Waals surface area contributed by atoms with Gasteiger partial charge >= 0.3 is 0 Å². The highest BCUT2D eigenvalue weighted by Gasteiger charge is 2.10. The number of anilines is 2. The van der Waals surface area contributed by atoms with E-state index in [1.54, 1.807) is 0 Å². The van der Waals surface area contributed by atoms with Crippen molar-refractivity contribution in [3.8, 4) is 22.3 Å². The molecule has 1 aromatic heterocycles. The number of hydrogen-bond donors (Lipinski definition) is 1. The molecule has 2 nitrogen and oxygen atoms in total. The number of furan rings is 1. The van der Waals surface area contributed by atoms with Gasteiger partial charge in [0.25, 0.3) is 0 Å². The lowest BCUT2D eigenvalue weighted by Gasteiger charge is -2.12. The van der Waals surface area contributed by atoms with E-state index < -0.39 is 0 Å². The van der Waals surface area contributed by atoms with Crippen molar-refractivity contribution in [3.63, 3.8) is 0 Å². The summed E-state index contributed by atoms with van der Waals surface area (Å²) in [6.07, 6.45) is 0. The molecule has 0 amide bonds. The van der Waals surface area contributed by atoms with Crippen LogP contribution in [-0.4, -0.2) is 0 Å². The second-order valence-electron chi connectivity index (χ2n) is 7.93. The maximum atomic E-state index is 6.20. The van der Waals surface area contributed by atoms with Crippen LogP contribution < -0.4 is 5.32 Å². The number of nitrogens with one attached hydrogen (secondary N) is 1. The Bertz CT molecular complexity index is 1530. The van der Waals surface area contributed by atoms with Gasteiger partial charge in [-0.05, 0) is 47.0 Å². The quantitative estimate of drug-likeness (QED) is 0.314. The van der Waals surface area contributed by atoms with E-state index in [9.17, 15) is 0 Å². The summed E-state index contributed by atoms with van der Waals surface area (Å²) in [6, 6.07) is 42.0. The van der Waals surface area contributed by atoms with E-state index in [0.717, 1.165) is 33.3 Å². The lowest BCUT2D eigenvalue weighted by atomic mass is 10.0. The van der Waals surface area contributed by atoms with Crippen LogP contribution in [0.4, 0.5) is 11.4 Å². The summed E-state index contributed by atoms with van der Waals surface area (Å²) in [5, 5.41) is 5.85. The maximum absolute atomic E-state index is 6.20. The van der Waals surface area contributed by atoms with Gasteiger partial charge in [-0.1, -0.05) is 84.9 Å². The summed E-state index contributed by atoms with van der Waals surface area (Å²) in [7, 11) is 0. The van der Waals surface area contributed by atoms with Crippen LogP contribution in [0.3, 0.4) is 0 Å². The lowest BCUT2D eigenvalue weighted by Crippen LogP contribution is -1.93. The molecule has 0 bridgehead atoms. The minimum atomic E-state index is 0.882. The van der Waals surface area contributed by atoms with Crippen LogP contribution in [0.2, 0.25) is 0 Å². The monoisotopic (exact) mass is 411 g/mol. The number of hydrogen-bond acceptors (Lipinski definition) is 2. The van der Waals surface area contributed by atoms with Crippen LogP contribution >= 0.6 is 0 Å². The van der Waals surface area contributed by atoms with Gasteiger partial charge in [0.05, 0.1) is 0 Å². The van der Waals surface area contributed by atoms with Crippen molar-refractivity contribution < 1.29 is 4.42 Å². The molecule has 6 rings (SSSR count). The molecule has 0 aliphatic heterocycles. The third-order valence-corrected chi connectivity index (χ3v) is 5.87. The van der Waals surface area contributed by atoms with Crippen LogP contribution in [0.1, 0.15) is 0 Å². The largest absolute Gasteiger partial charge is 0.456 e. The number of para-hydroxylation sites is 1. The van der Waals surface area contributed by atoms with Gasteiger partial charge in [-0.15, -0.1) is 0 Å². The highest BCUT2D eigenvalue weighted by molar-refractivity contribution is 6.07. The zero-order valence-electron chi connectivity index (χ0n) is 17.5. The van der Waals surface area contributed by atoms with Crippen LogP contribution in [0.15, 0.2) is 126 Å². The molecule has 0 fully saturated rings. The summed E-state index contributed by atoms with van der Waals surface area (Å²) in [5.41, 5.74) is 8.62. The number of benzene rings is 5. The van der Waals surface area contributed by atoms with Crippen molar-refractivity contribution in [2.75, 3.05) is 5.32 Å². The molecule has 32 heavy (non-hydrogen) atoms. The molecule has 0 unspecified atom stereocenters. The van der Waals surface area contributed by atoms with E-state index in [1.165, 1.54) is 22.3 Å². The fourth-order valence-electron chi connectivity index (χ4n) is 4.28. The summed E-state index contributed by atoms with van der Waals surface area (Å²) in [4.78, 5) is 0. The Balaban J connectivity index is 1.39. The molecule has 0 atom stereocenters. The van der Waals surface area contributed by atoms with Crippen LogP contribution in [0.5, 0.6) is 0 Å². The Morgan fingerprint density at radius 3 is 2.00 bits per heavy atom. The highest BCUT2D eigenvalue weighted by Crippen LogP contribution is 2.35. The second-order valence-corrected chi connectivity index (χ2v) is 7.93. The predicted octanol–water partition coefficient (Wildman–Crippen LogP) is 8.66. The first-order valence-electron chi connectivity index (χ1n) is 10.8. The summed E-state index contributed by atoms with van der Waals surface area (Å²) in [5.74, 6) is 0. The molecule has 0 radical (unpaired) electrons. The standard InChI is InChI=1S/C30H21NO/c1-3-9-21(10-4-1)23-15-18-29-27(19-23)26-17-16-24(20-30(26)32-29)31-28-14-8-7-13-25(28)22-11-5-2-6-12-22/h1-20,31H. The molecular formula is C30H21NO. The SMILES string of the molecule is c1ccc(-c2ccc3oc4cc(Nc5ccccc5-c5ccccc5)ccc4c3c2)cc1. The average molecular weight is 412 g/mol. The lowest BCUT2D eigenvalue weighted by molar-refractivity contribution is 0.669. The van der Waals surface area contributed by atoms with Crippen molar-refractivity contribution in [3.05, 3.63) is 121 Å². The van der Waals surface area contributed by atoms with Crippen molar-refractivity contribution in [1.29, 1.82) is 0 Å². The first kappa shape index (κ1) is 18.5. The number of rotatable bonds is 4. The van der Waals surface area contributed by atoms with Gasteiger partial charge in [-0.25, -0.2) is 0 Å². The van der Waals surface area contributed by atoms with Gasteiger partial charge in [-0.2, -0.15) is 0 Å².